The molecule has 0 N–H and O–H groups in total. The van der Waals surface area contributed by atoms with E-state index in [1.807, 2.05) is 20.2 Å². The molecule has 0 bridgehead atoms. The summed E-state index contributed by atoms with van der Waals surface area (Å²) >= 11 is 0. The van der Waals surface area contributed by atoms with Crippen molar-refractivity contribution in [2.24, 2.45) is 12.0 Å². The van der Waals surface area contributed by atoms with Crippen LogP contribution in [0.3, 0.4) is 0 Å². The summed E-state index contributed by atoms with van der Waals surface area (Å²) in [5.74, 6) is -2.15. The minimum absolute atomic E-state index is 0.163. The van der Waals surface area contributed by atoms with E-state index < -0.39 is 17.3 Å². The maximum atomic E-state index is 14.9. The van der Waals surface area contributed by atoms with Gasteiger partial charge < -0.3 is 14.0 Å². The SMILES string of the molecule is CCCn1c(=Nc2c(F)c(OC)cc(OC)c2F)ccc2ncc(-c3cnn(C)c3)nc21. The summed E-state index contributed by atoms with van der Waals surface area (Å²) in [7, 11) is 4.41. The minimum atomic E-state index is -0.913. The van der Waals surface area contributed by atoms with Crippen LogP contribution in [0, 0.1) is 11.6 Å². The molecular formula is C22H22F2N6O2. The lowest BCUT2D eigenvalue weighted by Crippen LogP contribution is -2.22. The molecule has 0 aliphatic carbocycles. The number of rotatable bonds is 6. The standard InChI is InChI=1S/C22H22F2N6O2/c1-5-8-30-18(28-21-19(23)16(31-3)9-17(32-4)20(21)24)7-6-14-22(30)27-15(11-25-14)13-10-26-29(2)12-13/h6-7,9-12H,5,8H2,1-4H3. The first-order chi connectivity index (χ1) is 15.5. The molecule has 4 aromatic rings. The summed E-state index contributed by atoms with van der Waals surface area (Å²) in [6, 6.07) is 4.52. The fourth-order valence-corrected chi connectivity index (χ4v) is 3.38. The Labute approximate surface area is 182 Å². The number of aromatic nitrogens is 5. The molecule has 0 spiro atoms. The maximum absolute atomic E-state index is 14.9. The van der Waals surface area contributed by atoms with Crippen molar-refractivity contribution in [2.75, 3.05) is 14.2 Å². The molecule has 166 valence electrons. The average Bonchev–Trinajstić information content (AvgIpc) is 3.24. The zero-order valence-corrected chi connectivity index (χ0v) is 18.1. The van der Waals surface area contributed by atoms with Gasteiger partial charge >= 0.3 is 0 Å². The van der Waals surface area contributed by atoms with Crippen LogP contribution in [0.1, 0.15) is 13.3 Å². The zero-order chi connectivity index (χ0) is 22.8. The number of pyridine rings is 1. The minimum Gasteiger partial charge on any atom is -0.493 e. The molecule has 0 unspecified atom stereocenters. The van der Waals surface area contributed by atoms with Gasteiger partial charge in [0.15, 0.2) is 28.8 Å². The molecule has 0 atom stereocenters. The molecule has 0 saturated heterocycles. The van der Waals surface area contributed by atoms with E-state index in [0.29, 0.717) is 28.9 Å². The smallest absolute Gasteiger partial charge is 0.193 e. The molecule has 0 amide bonds. The van der Waals surface area contributed by atoms with E-state index in [2.05, 4.69) is 15.1 Å². The summed E-state index contributed by atoms with van der Waals surface area (Å²) in [4.78, 5) is 13.5. The first kappa shape index (κ1) is 21.4. The lowest BCUT2D eigenvalue weighted by atomic mass is 10.2. The molecule has 0 aliphatic rings. The van der Waals surface area contributed by atoms with Crippen LogP contribution in [-0.2, 0) is 13.6 Å². The van der Waals surface area contributed by atoms with Gasteiger partial charge in [-0.2, -0.15) is 5.10 Å². The summed E-state index contributed by atoms with van der Waals surface area (Å²) in [6.07, 6.45) is 5.94. The second kappa shape index (κ2) is 8.74. The second-order valence-corrected chi connectivity index (χ2v) is 7.08. The van der Waals surface area contributed by atoms with Crippen LogP contribution in [0.15, 0.2) is 41.8 Å². The molecular weight excluding hydrogens is 418 g/mol. The van der Waals surface area contributed by atoms with Gasteiger partial charge in [-0.3, -0.25) is 9.67 Å². The highest BCUT2D eigenvalue weighted by molar-refractivity contribution is 5.73. The van der Waals surface area contributed by atoms with Crippen LogP contribution >= 0.6 is 0 Å². The van der Waals surface area contributed by atoms with Crippen LogP contribution in [0.5, 0.6) is 11.5 Å². The number of hydrogen-bond donors (Lipinski definition) is 0. The van der Waals surface area contributed by atoms with Gasteiger partial charge in [0.25, 0.3) is 0 Å². The molecule has 4 rings (SSSR count). The summed E-state index contributed by atoms with van der Waals surface area (Å²) in [5, 5.41) is 4.17. The first-order valence-electron chi connectivity index (χ1n) is 9.97. The fraction of sp³-hybridized carbons (Fsp3) is 0.273. The van der Waals surface area contributed by atoms with Crippen LogP contribution in [0.25, 0.3) is 22.4 Å². The van der Waals surface area contributed by atoms with Crippen molar-refractivity contribution in [1.29, 1.82) is 0 Å². The lowest BCUT2D eigenvalue weighted by Gasteiger charge is -2.12. The van der Waals surface area contributed by atoms with Crippen molar-refractivity contribution in [3.63, 3.8) is 0 Å². The number of methoxy groups -OCH3 is 2. The van der Waals surface area contributed by atoms with Crippen molar-refractivity contribution >= 4 is 16.9 Å². The quantitative estimate of drug-likeness (QED) is 0.456. The molecule has 1 aromatic carbocycles. The second-order valence-electron chi connectivity index (χ2n) is 7.08. The van der Waals surface area contributed by atoms with Crippen LogP contribution in [-0.4, -0.2) is 38.5 Å². The molecule has 3 aromatic heterocycles. The Kier molecular flexibility index (Phi) is 5.85. The van der Waals surface area contributed by atoms with E-state index in [4.69, 9.17) is 14.5 Å². The van der Waals surface area contributed by atoms with E-state index in [0.717, 1.165) is 18.1 Å². The normalized spacial score (nSPS) is 11.9. The largest absolute Gasteiger partial charge is 0.493 e. The van der Waals surface area contributed by atoms with Crippen molar-refractivity contribution < 1.29 is 18.3 Å². The van der Waals surface area contributed by atoms with Crippen LogP contribution in [0.4, 0.5) is 14.5 Å². The highest BCUT2D eigenvalue weighted by atomic mass is 19.1. The van der Waals surface area contributed by atoms with Crippen LogP contribution in [0.2, 0.25) is 0 Å². The first-order valence-corrected chi connectivity index (χ1v) is 9.97. The molecule has 0 fully saturated rings. The van der Waals surface area contributed by atoms with Crippen molar-refractivity contribution in [1.82, 2.24) is 24.3 Å². The Hall–Kier alpha value is -3.82. The third kappa shape index (κ3) is 3.79. The van der Waals surface area contributed by atoms with Gasteiger partial charge in [0.2, 0.25) is 0 Å². The molecule has 0 radical (unpaired) electrons. The molecule has 0 aliphatic heterocycles. The van der Waals surface area contributed by atoms with Gasteiger partial charge in [-0.25, -0.2) is 18.8 Å². The topological polar surface area (TPSA) is 79.4 Å². The summed E-state index contributed by atoms with van der Waals surface area (Å²) < 4.78 is 43.3. The summed E-state index contributed by atoms with van der Waals surface area (Å²) in [6.45, 7) is 2.51. The third-order valence-corrected chi connectivity index (χ3v) is 4.93. The Morgan fingerprint density at radius 2 is 1.78 bits per heavy atom. The number of nitrogens with zero attached hydrogens (tertiary/aromatic N) is 6. The van der Waals surface area contributed by atoms with Gasteiger partial charge in [-0.15, -0.1) is 0 Å². The number of halogens is 2. The van der Waals surface area contributed by atoms with E-state index in [1.165, 1.54) is 14.2 Å². The predicted octanol–water partition coefficient (Wildman–Crippen LogP) is 3.77. The van der Waals surface area contributed by atoms with Gasteiger partial charge in [0.05, 0.1) is 32.3 Å². The van der Waals surface area contributed by atoms with Crippen molar-refractivity contribution in [2.45, 2.75) is 19.9 Å². The molecule has 10 heteroatoms. The van der Waals surface area contributed by atoms with Crippen molar-refractivity contribution in [3.8, 4) is 22.8 Å². The highest BCUT2D eigenvalue weighted by Gasteiger charge is 2.20. The number of ether oxygens (including phenoxy) is 2. The van der Waals surface area contributed by atoms with E-state index >= 15 is 0 Å². The predicted molar refractivity (Wildman–Crippen MR) is 115 cm³/mol. The van der Waals surface area contributed by atoms with Gasteiger partial charge in [-0.05, 0) is 18.6 Å². The monoisotopic (exact) mass is 440 g/mol. The lowest BCUT2D eigenvalue weighted by molar-refractivity contribution is 0.359. The fourth-order valence-electron chi connectivity index (χ4n) is 3.38. The summed E-state index contributed by atoms with van der Waals surface area (Å²) in [5.41, 5.74) is 2.45. The Bertz CT molecular complexity index is 1330. The van der Waals surface area contributed by atoms with Gasteiger partial charge in [0.1, 0.15) is 16.7 Å². The Morgan fingerprint density at radius 3 is 2.38 bits per heavy atom. The number of hydrogen-bond acceptors (Lipinski definition) is 6. The van der Waals surface area contributed by atoms with Crippen LogP contribution < -0.4 is 15.0 Å². The third-order valence-electron chi connectivity index (χ3n) is 4.93. The van der Waals surface area contributed by atoms with E-state index in [-0.39, 0.29) is 11.5 Å². The van der Waals surface area contributed by atoms with E-state index in [1.54, 1.807) is 33.8 Å². The average molecular weight is 440 g/mol. The Balaban J connectivity index is 1.99. The maximum Gasteiger partial charge on any atom is 0.193 e. The number of fused-ring (bicyclic) bond motifs is 1. The van der Waals surface area contributed by atoms with E-state index in [9.17, 15) is 8.78 Å². The Morgan fingerprint density at radius 1 is 1.06 bits per heavy atom. The molecule has 3 heterocycles. The number of aryl methyl sites for hydroxylation is 2. The molecule has 32 heavy (non-hydrogen) atoms. The van der Waals surface area contributed by atoms with Crippen molar-refractivity contribution in [3.05, 3.63) is 53.9 Å². The zero-order valence-electron chi connectivity index (χ0n) is 18.1. The number of benzene rings is 1. The van der Waals surface area contributed by atoms with Gasteiger partial charge in [0, 0.05) is 31.4 Å². The molecule has 0 saturated carbocycles. The van der Waals surface area contributed by atoms with Gasteiger partial charge in [-0.1, -0.05) is 6.92 Å². The molecule has 8 nitrogen and oxygen atoms in total. The highest BCUT2D eigenvalue weighted by Crippen LogP contribution is 2.36.